The molecule has 2 rings (SSSR count). The van der Waals surface area contributed by atoms with Crippen LogP contribution in [-0.2, 0) is 13.0 Å². The lowest BCUT2D eigenvalue weighted by molar-refractivity contribution is 0.549. The summed E-state index contributed by atoms with van der Waals surface area (Å²) in [6.45, 7) is 3.16. The van der Waals surface area contributed by atoms with Crippen LogP contribution in [0.15, 0.2) is 42.7 Å². The standard InChI is InChI=1S/C15H21N3/c1-2-11-18-12-10-17-15(18)14(16)9-8-13-6-4-3-5-7-13/h3-7,10,12,14H,2,8-9,11,16H2,1H3. The molecule has 0 fully saturated rings. The Morgan fingerprint density at radius 3 is 2.78 bits per heavy atom. The maximum absolute atomic E-state index is 6.24. The van der Waals surface area contributed by atoms with E-state index in [1.807, 2.05) is 18.5 Å². The first-order valence-corrected chi connectivity index (χ1v) is 6.61. The van der Waals surface area contributed by atoms with Crippen molar-refractivity contribution in [2.75, 3.05) is 0 Å². The first-order chi connectivity index (χ1) is 8.81. The second kappa shape index (κ2) is 6.36. The Bertz CT molecular complexity index is 462. The number of imidazole rings is 1. The smallest absolute Gasteiger partial charge is 0.125 e. The van der Waals surface area contributed by atoms with E-state index in [0.29, 0.717) is 0 Å². The number of nitrogens with zero attached hydrogens (tertiary/aromatic N) is 2. The molecule has 0 bridgehead atoms. The highest BCUT2D eigenvalue weighted by Gasteiger charge is 2.11. The van der Waals surface area contributed by atoms with E-state index in [4.69, 9.17) is 5.73 Å². The number of nitrogens with two attached hydrogens (primary N) is 1. The lowest BCUT2D eigenvalue weighted by Gasteiger charge is -2.13. The van der Waals surface area contributed by atoms with Gasteiger partial charge in [0.25, 0.3) is 0 Å². The van der Waals surface area contributed by atoms with Gasteiger partial charge in [-0.2, -0.15) is 0 Å². The van der Waals surface area contributed by atoms with E-state index in [2.05, 4.69) is 40.7 Å². The summed E-state index contributed by atoms with van der Waals surface area (Å²) in [4.78, 5) is 4.38. The van der Waals surface area contributed by atoms with Gasteiger partial charge in [-0.1, -0.05) is 37.3 Å². The topological polar surface area (TPSA) is 43.8 Å². The minimum atomic E-state index is 0.0201. The van der Waals surface area contributed by atoms with Gasteiger partial charge in [0.05, 0.1) is 6.04 Å². The van der Waals surface area contributed by atoms with Gasteiger partial charge in [-0.25, -0.2) is 4.98 Å². The van der Waals surface area contributed by atoms with Crippen LogP contribution in [0, 0.1) is 0 Å². The second-order valence-electron chi connectivity index (χ2n) is 4.61. The summed E-state index contributed by atoms with van der Waals surface area (Å²) in [5, 5.41) is 0. The van der Waals surface area contributed by atoms with Gasteiger partial charge >= 0.3 is 0 Å². The van der Waals surface area contributed by atoms with Gasteiger partial charge in [0.1, 0.15) is 5.82 Å². The summed E-state index contributed by atoms with van der Waals surface area (Å²) in [6, 6.07) is 10.5. The lowest BCUT2D eigenvalue weighted by atomic mass is 10.1. The Balaban J connectivity index is 1.95. The fourth-order valence-electron chi connectivity index (χ4n) is 2.18. The highest BCUT2D eigenvalue weighted by molar-refractivity contribution is 5.15. The van der Waals surface area contributed by atoms with Crippen molar-refractivity contribution >= 4 is 0 Å². The van der Waals surface area contributed by atoms with Crippen LogP contribution in [-0.4, -0.2) is 9.55 Å². The number of hydrogen-bond acceptors (Lipinski definition) is 2. The van der Waals surface area contributed by atoms with Gasteiger partial charge in [-0.15, -0.1) is 0 Å². The molecule has 1 aromatic heterocycles. The van der Waals surface area contributed by atoms with Crippen LogP contribution in [0.3, 0.4) is 0 Å². The molecule has 0 amide bonds. The van der Waals surface area contributed by atoms with Crippen LogP contribution in [0.2, 0.25) is 0 Å². The largest absolute Gasteiger partial charge is 0.334 e. The van der Waals surface area contributed by atoms with Crippen LogP contribution >= 0.6 is 0 Å². The summed E-state index contributed by atoms with van der Waals surface area (Å²) >= 11 is 0. The van der Waals surface area contributed by atoms with Gasteiger partial charge in [0, 0.05) is 18.9 Å². The minimum absolute atomic E-state index is 0.0201. The van der Waals surface area contributed by atoms with Crippen molar-refractivity contribution < 1.29 is 0 Å². The first-order valence-electron chi connectivity index (χ1n) is 6.61. The summed E-state index contributed by atoms with van der Waals surface area (Å²) in [7, 11) is 0. The van der Waals surface area contributed by atoms with E-state index >= 15 is 0 Å². The van der Waals surface area contributed by atoms with Crippen LogP contribution in [0.25, 0.3) is 0 Å². The van der Waals surface area contributed by atoms with Crippen LogP contribution in [0.4, 0.5) is 0 Å². The Morgan fingerprint density at radius 2 is 2.06 bits per heavy atom. The molecule has 18 heavy (non-hydrogen) atoms. The van der Waals surface area contributed by atoms with E-state index in [1.54, 1.807) is 0 Å². The molecule has 0 aliphatic rings. The molecule has 0 saturated heterocycles. The van der Waals surface area contributed by atoms with E-state index in [9.17, 15) is 0 Å². The average Bonchev–Trinajstić information content (AvgIpc) is 2.86. The molecule has 1 heterocycles. The minimum Gasteiger partial charge on any atom is -0.334 e. The van der Waals surface area contributed by atoms with Crippen LogP contribution in [0.1, 0.15) is 37.2 Å². The van der Waals surface area contributed by atoms with E-state index in [1.165, 1.54) is 5.56 Å². The predicted octanol–water partition coefficient (Wildman–Crippen LogP) is 2.93. The zero-order valence-corrected chi connectivity index (χ0v) is 10.9. The molecule has 0 saturated carbocycles. The second-order valence-corrected chi connectivity index (χ2v) is 4.61. The molecule has 0 spiro atoms. The third-order valence-corrected chi connectivity index (χ3v) is 3.13. The van der Waals surface area contributed by atoms with Gasteiger partial charge in [0.15, 0.2) is 0 Å². The zero-order valence-electron chi connectivity index (χ0n) is 10.9. The predicted molar refractivity (Wildman–Crippen MR) is 74.2 cm³/mol. The van der Waals surface area contributed by atoms with Crippen molar-refractivity contribution in [3.63, 3.8) is 0 Å². The fraction of sp³-hybridized carbons (Fsp3) is 0.400. The van der Waals surface area contributed by atoms with Crippen LogP contribution in [0.5, 0.6) is 0 Å². The molecule has 2 aromatic rings. The summed E-state index contributed by atoms with van der Waals surface area (Å²) in [6.07, 6.45) is 6.90. The first kappa shape index (κ1) is 12.8. The molecule has 1 aromatic carbocycles. The number of benzene rings is 1. The SMILES string of the molecule is CCCn1ccnc1C(N)CCc1ccccc1. The lowest BCUT2D eigenvalue weighted by Crippen LogP contribution is -2.17. The molecular weight excluding hydrogens is 222 g/mol. The van der Waals surface area contributed by atoms with E-state index in [0.717, 1.165) is 31.6 Å². The number of rotatable bonds is 6. The summed E-state index contributed by atoms with van der Waals surface area (Å²) in [5.74, 6) is 1.01. The average molecular weight is 243 g/mol. The van der Waals surface area contributed by atoms with E-state index < -0.39 is 0 Å². The van der Waals surface area contributed by atoms with E-state index in [-0.39, 0.29) is 6.04 Å². The van der Waals surface area contributed by atoms with Crippen LogP contribution < -0.4 is 5.73 Å². The molecule has 1 unspecified atom stereocenters. The Labute approximate surface area is 109 Å². The van der Waals surface area contributed by atoms with Gasteiger partial charge < -0.3 is 10.3 Å². The number of hydrogen-bond donors (Lipinski definition) is 1. The quantitative estimate of drug-likeness (QED) is 0.847. The van der Waals surface area contributed by atoms with Gasteiger partial charge in [-0.3, -0.25) is 0 Å². The van der Waals surface area contributed by atoms with Crippen molar-refractivity contribution in [1.82, 2.24) is 9.55 Å². The van der Waals surface area contributed by atoms with Crippen molar-refractivity contribution in [3.8, 4) is 0 Å². The van der Waals surface area contributed by atoms with Gasteiger partial charge in [0.2, 0.25) is 0 Å². The van der Waals surface area contributed by atoms with Crippen molar-refractivity contribution in [3.05, 3.63) is 54.1 Å². The Morgan fingerprint density at radius 1 is 1.28 bits per heavy atom. The monoisotopic (exact) mass is 243 g/mol. The summed E-state index contributed by atoms with van der Waals surface area (Å²) in [5.41, 5.74) is 7.57. The Kier molecular flexibility index (Phi) is 4.53. The third kappa shape index (κ3) is 3.20. The molecule has 0 aliphatic carbocycles. The van der Waals surface area contributed by atoms with Gasteiger partial charge in [-0.05, 0) is 24.8 Å². The Hall–Kier alpha value is -1.61. The van der Waals surface area contributed by atoms with Crippen molar-refractivity contribution in [2.24, 2.45) is 5.73 Å². The molecule has 0 radical (unpaired) electrons. The molecule has 3 nitrogen and oxygen atoms in total. The molecular formula is C15H21N3. The maximum atomic E-state index is 6.24. The summed E-state index contributed by atoms with van der Waals surface area (Å²) < 4.78 is 2.16. The molecule has 2 N–H and O–H groups in total. The van der Waals surface area contributed by atoms with Crippen molar-refractivity contribution in [1.29, 1.82) is 0 Å². The number of aromatic nitrogens is 2. The molecule has 96 valence electrons. The fourth-order valence-corrected chi connectivity index (χ4v) is 2.18. The zero-order chi connectivity index (χ0) is 12.8. The molecule has 0 aliphatic heterocycles. The highest BCUT2D eigenvalue weighted by atomic mass is 15.1. The third-order valence-electron chi connectivity index (χ3n) is 3.13. The molecule has 3 heteroatoms. The maximum Gasteiger partial charge on any atom is 0.125 e. The van der Waals surface area contributed by atoms with Crippen molar-refractivity contribution in [2.45, 2.75) is 38.8 Å². The number of aryl methyl sites for hydroxylation is 2. The normalized spacial score (nSPS) is 12.6. The highest BCUT2D eigenvalue weighted by Crippen LogP contribution is 2.15. The molecule has 1 atom stereocenters.